The highest BCUT2D eigenvalue weighted by molar-refractivity contribution is 9.22. The van der Waals surface area contributed by atoms with Crippen LogP contribution in [-0.4, -0.2) is 35.2 Å². The van der Waals surface area contributed by atoms with E-state index in [9.17, 15) is 16.8 Å². The van der Waals surface area contributed by atoms with Crippen molar-refractivity contribution in [3.05, 3.63) is 337 Å². The third-order valence-electron chi connectivity index (χ3n) is 18.8. The number of hydrogen-bond donors (Lipinski definition) is 0. The van der Waals surface area contributed by atoms with Crippen molar-refractivity contribution >= 4 is 213 Å². The molecular formula is C85H84BBr2N3O8P12S2. The Bertz CT molecular complexity index is 5270. The first-order valence-corrected chi connectivity index (χ1v) is 60.5. The second-order valence-corrected chi connectivity index (χ2v) is 77.3. The monoisotopic (exact) mass is 1880 g/mol. The third kappa shape index (κ3) is 20.4. The van der Waals surface area contributed by atoms with Gasteiger partial charge in [0.25, 0.3) is 0 Å². The zero-order valence-corrected chi connectivity index (χ0v) is 78.6. The number of rotatable bonds is 16. The predicted molar refractivity (Wildman–Crippen MR) is 519 cm³/mol. The van der Waals surface area contributed by atoms with Crippen molar-refractivity contribution in [2.75, 3.05) is 14.7 Å². The quantitative estimate of drug-likeness (QED) is 0.0680. The summed E-state index contributed by atoms with van der Waals surface area (Å²) in [5, 5.41) is 0. The molecule has 0 amide bonds. The topological polar surface area (TPSA) is 115 Å². The number of hydrogen-bond acceptors (Lipinski definition) is 11. The van der Waals surface area contributed by atoms with Gasteiger partial charge in [-0.25, -0.2) is 16.8 Å². The summed E-state index contributed by atoms with van der Waals surface area (Å²) >= 11 is 6.60. The van der Waals surface area contributed by atoms with Gasteiger partial charge in [0.15, 0.2) is 0 Å². The van der Waals surface area contributed by atoms with Crippen molar-refractivity contribution in [2.45, 2.75) is 65.9 Å². The van der Waals surface area contributed by atoms with Gasteiger partial charge in [0.2, 0.25) is 19.7 Å². The van der Waals surface area contributed by atoms with Crippen molar-refractivity contribution in [1.82, 2.24) is 0 Å². The molecule has 0 radical (unpaired) electrons. The lowest BCUT2D eigenvalue weighted by Crippen LogP contribution is -2.41. The fraction of sp³-hybridized carbons (Fsp3) is 0.0824. The summed E-state index contributed by atoms with van der Waals surface area (Å²) in [7, 11) is 13.4. The van der Waals surface area contributed by atoms with E-state index in [1.165, 1.54) is 0 Å². The molecule has 3 aliphatic heterocycles. The first-order chi connectivity index (χ1) is 53.8. The maximum atomic E-state index is 13.9. The van der Waals surface area contributed by atoms with E-state index in [0.717, 1.165) is 87.8 Å². The molecule has 8 unspecified atom stereocenters. The summed E-state index contributed by atoms with van der Waals surface area (Å²) < 4.78 is 78.5. The van der Waals surface area contributed by atoms with Crippen LogP contribution in [0.2, 0.25) is 0 Å². The SMILES string of the molecule is C.CC1(C)OB(c2ccc(N(c3ccccc3)c3ccccc3)cc2)OC1(C)C.O=S1(=O)c2ccc(-c3ccc(N(c4ccccc4)c4ccccc4)cc3)cc2Oc2cc(-c3ccc(N(c4ccccc4)c4ccccc4)cc3)ccc21.O=S1(=O)c2ccc(Br)cc2Oc2cc(Br)ccc21.PP(P)P(P)P(P(P)P)P(P)P. The average Bonchev–Trinajstić information content (AvgIpc) is 1.38. The fourth-order valence-corrected chi connectivity index (χ4v) is 119. The molecule has 13 aromatic rings. The van der Waals surface area contributed by atoms with Crippen LogP contribution in [-0.2, 0) is 29.0 Å². The van der Waals surface area contributed by atoms with Crippen molar-refractivity contribution in [3.8, 4) is 45.3 Å². The van der Waals surface area contributed by atoms with E-state index in [4.69, 9.17) is 18.8 Å². The second-order valence-electron chi connectivity index (χ2n) is 26.7. The van der Waals surface area contributed by atoms with E-state index in [0.29, 0.717) is 23.0 Å². The highest BCUT2D eigenvalue weighted by Crippen LogP contribution is 3.16. The van der Waals surface area contributed by atoms with E-state index in [-0.39, 0.29) is 80.3 Å². The molecule has 0 bridgehead atoms. The fourth-order valence-electron chi connectivity index (χ4n) is 12.6. The van der Waals surface area contributed by atoms with Gasteiger partial charge in [0.05, 0.1) is 11.2 Å². The number of fused-ring (bicyclic) bond motifs is 4. The van der Waals surface area contributed by atoms with Gasteiger partial charge in [-0.1, -0.05) is 197 Å². The normalized spacial score (nSPS) is 14.4. The van der Waals surface area contributed by atoms with Gasteiger partial charge in [0.1, 0.15) is 42.6 Å². The van der Waals surface area contributed by atoms with Crippen LogP contribution in [0.4, 0.5) is 51.2 Å². The van der Waals surface area contributed by atoms with Gasteiger partial charge in [-0.3, -0.25) is 0 Å². The summed E-state index contributed by atoms with van der Waals surface area (Å²) in [5.41, 5.74) is 13.5. The predicted octanol–water partition coefficient (Wildman–Crippen LogP) is 29.7. The Morgan fingerprint density at radius 3 is 0.805 bits per heavy atom. The standard InChI is InChI=1S/C48H34N2O3S.C24H26BNO2.C12H6Br2O3S.CH4.H14P12/c51-54(52)47-31-25-37(35-21-27-43(28-22-35)49(39-13-5-1-6-14-39)40-15-7-2-8-16-40)33-45(47)53-46-34-38(26-32-48(46)54)36-23-29-44(30-24-36)50(41-17-9-3-10-18-41)42-19-11-4-12-20-42;1-23(2)24(3,4)28-25(27-23)19-15-17-22(18-16-19)26(20-11-7-5-8-12-20)21-13-9-6-10-14-21;13-7-1-3-11-9(5-7)17-10-6-8(14)2-4-12(10)18(11,15)16;;1-8(2)11(7)12(9(3)4)10(5)6/h1-34H;5-18H,1-4H3;1-6H;1H4;1-7H2. The molecule has 0 aliphatic carbocycles. The van der Waals surface area contributed by atoms with E-state index < -0.39 is 19.7 Å². The molecule has 16 rings (SSSR count). The largest absolute Gasteiger partial charge is 0.494 e. The zero-order chi connectivity index (χ0) is 79.1. The highest BCUT2D eigenvalue weighted by atomic mass is 79.9. The van der Waals surface area contributed by atoms with Crippen LogP contribution in [0.15, 0.2) is 356 Å². The van der Waals surface area contributed by atoms with Crippen LogP contribution >= 0.6 is 129 Å². The molecule has 13 aromatic carbocycles. The molecule has 1 saturated heterocycles. The van der Waals surface area contributed by atoms with E-state index in [1.807, 2.05) is 109 Å². The van der Waals surface area contributed by atoms with Gasteiger partial charge < -0.3 is 33.5 Å². The first kappa shape index (κ1) is 87.2. The van der Waals surface area contributed by atoms with Crippen LogP contribution in [0.3, 0.4) is 0 Å². The summed E-state index contributed by atoms with van der Waals surface area (Å²) in [6, 6.07) is 107. The van der Waals surface area contributed by atoms with Gasteiger partial charge in [-0.2, -0.15) is 0 Å². The molecule has 3 aliphatic rings. The Morgan fingerprint density at radius 2 is 0.549 bits per heavy atom. The minimum Gasteiger partial charge on any atom is -0.455 e. The Kier molecular flexibility index (Phi) is 29.9. The Balaban J connectivity index is 0.000000165. The molecule has 0 N–H and O–H groups in total. The van der Waals surface area contributed by atoms with Crippen molar-refractivity contribution in [1.29, 1.82) is 0 Å². The maximum Gasteiger partial charge on any atom is 0.494 e. The minimum atomic E-state index is -3.80. The first-order valence-electron chi connectivity index (χ1n) is 35.1. The summed E-state index contributed by atoms with van der Waals surface area (Å²) in [6.45, 7) is 9.01. The van der Waals surface area contributed by atoms with Crippen molar-refractivity contribution in [3.63, 3.8) is 0 Å². The molecule has 11 nitrogen and oxygen atoms in total. The van der Waals surface area contributed by atoms with E-state index >= 15 is 0 Å². The van der Waals surface area contributed by atoms with Crippen LogP contribution in [0.5, 0.6) is 23.0 Å². The Morgan fingerprint density at radius 1 is 0.310 bits per heavy atom. The van der Waals surface area contributed by atoms with Crippen molar-refractivity contribution in [2.24, 2.45) is 0 Å². The lowest BCUT2D eigenvalue weighted by molar-refractivity contribution is 0.00578. The molecule has 576 valence electrons. The van der Waals surface area contributed by atoms with E-state index in [2.05, 4.69) is 307 Å². The smallest absolute Gasteiger partial charge is 0.455 e. The lowest BCUT2D eigenvalue weighted by atomic mass is 9.79. The van der Waals surface area contributed by atoms with Crippen LogP contribution < -0.4 is 29.6 Å². The number of nitrogens with zero attached hydrogens (tertiary/aromatic N) is 3. The minimum absolute atomic E-state index is 0. The summed E-state index contributed by atoms with van der Waals surface area (Å²) in [6.07, 6.45) is 0. The molecule has 3 heterocycles. The Labute approximate surface area is 704 Å². The van der Waals surface area contributed by atoms with Crippen LogP contribution in [0.1, 0.15) is 35.1 Å². The van der Waals surface area contributed by atoms with Gasteiger partial charge >= 0.3 is 7.12 Å². The average molecular weight is 1880 g/mol. The molecule has 113 heavy (non-hydrogen) atoms. The lowest BCUT2D eigenvalue weighted by Gasteiger charge is -2.32. The van der Waals surface area contributed by atoms with Crippen molar-refractivity contribution < 1.29 is 35.6 Å². The highest BCUT2D eigenvalue weighted by Gasteiger charge is 2.52. The molecule has 0 spiro atoms. The van der Waals surface area contributed by atoms with Crippen LogP contribution in [0.25, 0.3) is 22.3 Å². The second kappa shape index (κ2) is 38.7. The summed E-state index contributed by atoms with van der Waals surface area (Å²) in [5.74, 6) is 1.31. The zero-order valence-electron chi connectivity index (χ0n) is 61.2. The number of benzene rings is 13. The molecule has 28 heteroatoms. The molecule has 0 saturated carbocycles. The van der Waals surface area contributed by atoms with E-state index in [1.54, 1.807) is 48.5 Å². The number of anilines is 9. The molecule has 8 atom stereocenters. The number of sulfone groups is 2. The maximum absolute atomic E-state index is 13.9. The van der Waals surface area contributed by atoms with Gasteiger partial charge in [0, 0.05) is 60.1 Å². The van der Waals surface area contributed by atoms with Gasteiger partial charge in [-0.05, 0) is 260 Å². The molecule has 0 aromatic heterocycles. The third-order valence-corrected chi connectivity index (χ3v) is 90.1. The number of halogens is 2. The Hall–Kier alpha value is -5.14. The number of para-hydroxylation sites is 6. The molecule has 1 fully saturated rings. The van der Waals surface area contributed by atoms with Gasteiger partial charge in [-0.15, -0.1) is 62.5 Å². The van der Waals surface area contributed by atoms with Crippen LogP contribution in [0, 0.1) is 0 Å². The number of ether oxygens (including phenoxy) is 2. The molecular weight excluding hydrogens is 1800 g/mol. The summed E-state index contributed by atoms with van der Waals surface area (Å²) in [4.78, 5) is 7.37.